The zero-order valence-electron chi connectivity index (χ0n) is 14.2. The van der Waals surface area contributed by atoms with E-state index in [9.17, 15) is 9.59 Å². The third-order valence-corrected chi connectivity index (χ3v) is 3.93. The van der Waals surface area contributed by atoms with E-state index in [4.69, 9.17) is 14.2 Å². The largest absolute Gasteiger partial charge is 0.469 e. The van der Waals surface area contributed by atoms with Crippen LogP contribution in [0.25, 0.3) is 0 Å². The van der Waals surface area contributed by atoms with Gasteiger partial charge < -0.3 is 19.1 Å². The summed E-state index contributed by atoms with van der Waals surface area (Å²) in [5, 5.41) is 0. The number of nitrogens with zero attached hydrogens (tertiary/aromatic N) is 1. The third-order valence-electron chi connectivity index (χ3n) is 3.93. The van der Waals surface area contributed by atoms with Gasteiger partial charge in [-0.3, -0.25) is 4.79 Å². The molecular formula is C18H23NO5. The summed E-state index contributed by atoms with van der Waals surface area (Å²) in [6, 6.07) is 9.82. The second-order valence-electron chi connectivity index (χ2n) is 5.47. The highest BCUT2D eigenvalue weighted by atomic mass is 16.5. The van der Waals surface area contributed by atoms with Gasteiger partial charge in [0.2, 0.25) is 0 Å². The van der Waals surface area contributed by atoms with Crippen molar-refractivity contribution in [3.63, 3.8) is 0 Å². The highest BCUT2D eigenvalue weighted by Crippen LogP contribution is 2.32. The number of hydrogen-bond acceptors (Lipinski definition) is 6. The van der Waals surface area contributed by atoms with Gasteiger partial charge in [0.15, 0.2) is 0 Å². The van der Waals surface area contributed by atoms with Crippen LogP contribution in [0.15, 0.2) is 42.1 Å². The molecule has 6 nitrogen and oxygen atoms in total. The molecule has 0 radical (unpaired) electrons. The maximum Gasteiger partial charge on any atom is 0.332 e. The minimum Gasteiger partial charge on any atom is -0.469 e. The minimum atomic E-state index is -0.474. The predicted octanol–water partition coefficient (Wildman–Crippen LogP) is 2.24. The van der Waals surface area contributed by atoms with Gasteiger partial charge >= 0.3 is 11.9 Å². The second kappa shape index (κ2) is 8.49. The lowest BCUT2D eigenvalue weighted by Gasteiger charge is -2.25. The molecule has 2 unspecified atom stereocenters. The Labute approximate surface area is 142 Å². The average Bonchev–Trinajstić information content (AvgIpc) is 2.92. The van der Waals surface area contributed by atoms with Crippen LogP contribution in [-0.4, -0.2) is 43.4 Å². The van der Waals surface area contributed by atoms with Gasteiger partial charge in [0.1, 0.15) is 6.23 Å². The second-order valence-corrected chi connectivity index (χ2v) is 5.47. The van der Waals surface area contributed by atoms with Crippen LogP contribution in [0.3, 0.4) is 0 Å². The fourth-order valence-electron chi connectivity index (χ4n) is 2.70. The van der Waals surface area contributed by atoms with Gasteiger partial charge in [0.25, 0.3) is 0 Å². The fraction of sp³-hybridized carbons (Fsp3) is 0.444. The molecule has 0 N–H and O–H groups in total. The van der Waals surface area contributed by atoms with Gasteiger partial charge in [-0.15, -0.1) is 0 Å². The number of methoxy groups -OCH3 is 2. The van der Waals surface area contributed by atoms with E-state index in [0.29, 0.717) is 13.0 Å². The quantitative estimate of drug-likeness (QED) is 0.588. The lowest BCUT2D eigenvalue weighted by atomic mass is 10.1. The molecule has 1 fully saturated rings. The molecule has 1 heterocycles. The van der Waals surface area contributed by atoms with Crippen molar-refractivity contribution in [2.24, 2.45) is 0 Å². The van der Waals surface area contributed by atoms with Crippen molar-refractivity contribution in [3.05, 3.63) is 47.7 Å². The molecule has 2 atom stereocenters. The number of esters is 2. The van der Waals surface area contributed by atoms with Crippen LogP contribution in [0.4, 0.5) is 0 Å². The molecule has 2 rings (SSSR count). The van der Waals surface area contributed by atoms with Crippen LogP contribution in [0, 0.1) is 0 Å². The number of benzene rings is 1. The number of ether oxygens (including phenoxy) is 3. The lowest BCUT2D eigenvalue weighted by Crippen LogP contribution is -2.31. The van der Waals surface area contributed by atoms with Crippen molar-refractivity contribution in [3.8, 4) is 0 Å². The Balaban J connectivity index is 2.31. The van der Waals surface area contributed by atoms with E-state index in [1.165, 1.54) is 20.3 Å². The van der Waals surface area contributed by atoms with E-state index >= 15 is 0 Å². The van der Waals surface area contributed by atoms with Gasteiger partial charge in [-0.05, 0) is 12.0 Å². The first-order valence-electron chi connectivity index (χ1n) is 7.91. The van der Waals surface area contributed by atoms with Gasteiger partial charge in [0.05, 0.1) is 32.4 Å². The summed E-state index contributed by atoms with van der Waals surface area (Å²) in [6.07, 6.45) is 1.49. The number of rotatable bonds is 6. The molecule has 6 heteroatoms. The monoisotopic (exact) mass is 333 g/mol. The first-order chi connectivity index (χ1) is 11.6. The zero-order chi connectivity index (χ0) is 17.5. The summed E-state index contributed by atoms with van der Waals surface area (Å²) in [5.41, 5.74) is 1.78. The van der Waals surface area contributed by atoms with Crippen LogP contribution in [0.5, 0.6) is 0 Å². The SMILES string of the molecule is CCC1OC(CC(=O)OC)N(Cc2ccccc2)/C1=C/C(=O)OC. The van der Waals surface area contributed by atoms with Crippen molar-refractivity contribution < 1.29 is 23.8 Å². The standard InChI is InChI=1S/C18H23NO5/c1-4-15-14(10-17(20)22-2)19(12-13-8-6-5-7-9-13)16(24-15)11-18(21)23-3/h5-10,15-16H,4,11-12H2,1-3H3/b14-10+. The van der Waals surface area contributed by atoms with E-state index in [0.717, 1.165) is 11.3 Å². The van der Waals surface area contributed by atoms with E-state index in [2.05, 4.69) is 0 Å². The van der Waals surface area contributed by atoms with Crippen LogP contribution < -0.4 is 0 Å². The zero-order valence-corrected chi connectivity index (χ0v) is 14.2. The molecule has 1 aliphatic heterocycles. The summed E-state index contributed by atoms with van der Waals surface area (Å²) in [6.45, 7) is 2.50. The number of hydrogen-bond donors (Lipinski definition) is 0. The summed E-state index contributed by atoms with van der Waals surface area (Å²) < 4.78 is 15.5. The molecule has 1 aromatic carbocycles. The Kier molecular flexibility index (Phi) is 6.37. The number of carbonyl (C=O) groups is 2. The van der Waals surface area contributed by atoms with E-state index < -0.39 is 12.2 Å². The molecule has 0 saturated carbocycles. The molecule has 0 spiro atoms. The Hall–Kier alpha value is -2.34. The van der Waals surface area contributed by atoms with Crippen molar-refractivity contribution in [2.75, 3.05) is 14.2 Å². The van der Waals surface area contributed by atoms with Crippen molar-refractivity contribution in [1.29, 1.82) is 0 Å². The van der Waals surface area contributed by atoms with Gasteiger partial charge in [-0.1, -0.05) is 37.3 Å². The van der Waals surface area contributed by atoms with Gasteiger partial charge in [0, 0.05) is 12.6 Å². The maximum absolute atomic E-state index is 11.7. The molecule has 0 aliphatic carbocycles. The summed E-state index contributed by atoms with van der Waals surface area (Å²) in [5.74, 6) is -0.795. The van der Waals surface area contributed by atoms with Crippen LogP contribution >= 0.6 is 0 Å². The normalized spacial score (nSPS) is 21.8. The Bertz CT molecular complexity index is 599. The summed E-state index contributed by atoms with van der Waals surface area (Å²) >= 11 is 0. The fourth-order valence-corrected chi connectivity index (χ4v) is 2.70. The van der Waals surface area contributed by atoms with Crippen molar-refractivity contribution in [2.45, 2.75) is 38.6 Å². The van der Waals surface area contributed by atoms with Crippen molar-refractivity contribution >= 4 is 11.9 Å². The van der Waals surface area contributed by atoms with E-state index in [-0.39, 0.29) is 18.5 Å². The Morgan fingerprint density at radius 3 is 2.50 bits per heavy atom. The molecule has 1 aliphatic rings. The maximum atomic E-state index is 11.7. The van der Waals surface area contributed by atoms with Crippen LogP contribution in [-0.2, 0) is 30.3 Å². The Morgan fingerprint density at radius 1 is 1.21 bits per heavy atom. The summed E-state index contributed by atoms with van der Waals surface area (Å²) in [4.78, 5) is 25.4. The predicted molar refractivity (Wildman–Crippen MR) is 87.7 cm³/mol. The molecule has 0 bridgehead atoms. The van der Waals surface area contributed by atoms with Crippen molar-refractivity contribution in [1.82, 2.24) is 4.90 Å². The molecule has 130 valence electrons. The summed E-state index contributed by atoms with van der Waals surface area (Å²) in [7, 11) is 2.69. The molecule has 1 saturated heterocycles. The first kappa shape index (κ1) is 18.0. The third kappa shape index (κ3) is 4.35. The molecule has 0 aromatic heterocycles. The topological polar surface area (TPSA) is 65.1 Å². The smallest absolute Gasteiger partial charge is 0.332 e. The Morgan fingerprint density at radius 2 is 1.92 bits per heavy atom. The number of carbonyl (C=O) groups excluding carboxylic acids is 2. The first-order valence-corrected chi connectivity index (χ1v) is 7.91. The van der Waals surface area contributed by atoms with Crippen LogP contribution in [0.2, 0.25) is 0 Å². The highest BCUT2D eigenvalue weighted by molar-refractivity contribution is 5.82. The lowest BCUT2D eigenvalue weighted by molar-refractivity contribution is -0.146. The van der Waals surface area contributed by atoms with E-state index in [1.807, 2.05) is 42.2 Å². The minimum absolute atomic E-state index is 0.0956. The molecule has 1 aromatic rings. The average molecular weight is 333 g/mol. The van der Waals surface area contributed by atoms with Crippen LogP contribution in [0.1, 0.15) is 25.3 Å². The van der Waals surface area contributed by atoms with Gasteiger partial charge in [-0.2, -0.15) is 0 Å². The molecule has 24 heavy (non-hydrogen) atoms. The highest BCUT2D eigenvalue weighted by Gasteiger charge is 2.38. The molecule has 0 amide bonds. The van der Waals surface area contributed by atoms with E-state index in [1.54, 1.807) is 0 Å². The van der Waals surface area contributed by atoms with Gasteiger partial charge in [-0.25, -0.2) is 4.79 Å². The molecular weight excluding hydrogens is 310 g/mol.